The van der Waals surface area contributed by atoms with Crippen LogP contribution >= 0.6 is 11.6 Å². The molecule has 0 spiro atoms. The number of nitrogen functional groups attached to an aromatic ring is 1. The summed E-state index contributed by atoms with van der Waals surface area (Å²) in [6, 6.07) is 7.21. The van der Waals surface area contributed by atoms with E-state index in [9.17, 15) is 0 Å². The maximum absolute atomic E-state index is 6.11. The number of hydrogen-bond acceptors (Lipinski definition) is 6. The molecule has 0 bridgehead atoms. The van der Waals surface area contributed by atoms with E-state index in [1.165, 1.54) is 4.68 Å². The quantitative estimate of drug-likeness (QED) is 0.798. The van der Waals surface area contributed by atoms with E-state index >= 15 is 0 Å². The van der Waals surface area contributed by atoms with E-state index in [-0.39, 0.29) is 17.9 Å². The van der Waals surface area contributed by atoms with Crippen LogP contribution in [0.15, 0.2) is 36.7 Å². The summed E-state index contributed by atoms with van der Waals surface area (Å²) in [6.07, 6.45) is 3.30. The molecule has 0 saturated heterocycles. The molecule has 0 atom stereocenters. The molecule has 0 amide bonds. The van der Waals surface area contributed by atoms with E-state index in [0.29, 0.717) is 10.8 Å². The molecule has 3 aromatic rings. The third-order valence-electron chi connectivity index (χ3n) is 2.62. The number of hydrogen-bond donors (Lipinski definition) is 1. The van der Waals surface area contributed by atoms with Gasteiger partial charge < -0.3 is 10.5 Å². The molecule has 106 valence electrons. The number of aryl methyl sites for hydroxylation is 1. The second-order valence-electron chi connectivity index (χ2n) is 4.26. The summed E-state index contributed by atoms with van der Waals surface area (Å²) in [4.78, 5) is 12.1. The van der Waals surface area contributed by atoms with E-state index in [1.807, 2.05) is 13.0 Å². The van der Waals surface area contributed by atoms with E-state index in [2.05, 4.69) is 20.1 Å². The molecule has 21 heavy (non-hydrogen) atoms. The van der Waals surface area contributed by atoms with Crippen molar-refractivity contribution in [3.63, 3.8) is 0 Å². The van der Waals surface area contributed by atoms with Gasteiger partial charge in [-0.05, 0) is 30.7 Å². The molecule has 0 saturated carbocycles. The summed E-state index contributed by atoms with van der Waals surface area (Å²) in [5.41, 5.74) is 6.69. The zero-order chi connectivity index (χ0) is 14.8. The molecule has 0 aliphatic carbocycles. The SMILES string of the molecule is Cc1ccc(Oc2nc(N)nc(-n3cccn3)n2)c(Cl)c1. The summed E-state index contributed by atoms with van der Waals surface area (Å²) < 4.78 is 7.03. The highest BCUT2D eigenvalue weighted by molar-refractivity contribution is 6.32. The van der Waals surface area contributed by atoms with Crippen LogP contribution in [0.4, 0.5) is 5.95 Å². The predicted octanol–water partition coefficient (Wildman–Crippen LogP) is 2.39. The number of anilines is 1. The number of benzene rings is 1. The molecule has 0 fully saturated rings. The van der Waals surface area contributed by atoms with Crippen molar-refractivity contribution in [1.29, 1.82) is 0 Å². The molecule has 1 aromatic carbocycles. The van der Waals surface area contributed by atoms with Crippen molar-refractivity contribution in [2.75, 3.05) is 5.73 Å². The number of nitrogens with two attached hydrogens (primary N) is 1. The average molecular weight is 303 g/mol. The lowest BCUT2D eigenvalue weighted by atomic mass is 10.2. The van der Waals surface area contributed by atoms with Crippen molar-refractivity contribution in [3.8, 4) is 17.7 Å². The molecule has 7 nitrogen and oxygen atoms in total. The van der Waals surface area contributed by atoms with Gasteiger partial charge in [0.1, 0.15) is 5.75 Å². The van der Waals surface area contributed by atoms with E-state index in [4.69, 9.17) is 22.1 Å². The van der Waals surface area contributed by atoms with Crippen LogP contribution in [0.2, 0.25) is 5.02 Å². The Bertz CT molecular complexity index is 774. The zero-order valence-corrected chi connectivity index (χ0v) is 11.8. The smallest absolute Gasteiger partial charge is 0.328 e. The monoisotopic (exact) mass is 302 g/mol. The predicted molar refractivity (Wildman–Crippen MR) is 77.6 cm³/mol. The number of halogens is 1. The Morgan fingerprint density at radius 1 is 1.24 bits per heavy atom. The van der Waals surface area contributed by atoms with Crippen molar-refractivity contribution < 1.29 is 4.74 Å². The third-order valence-corrected chi connectivity index (χ3v) is 2.91. The van der Waals surface area contributed by atoms with Crippen molar-refractivity contribution in [2.45, 2.75) is 6.92 Å². The molecule has 0 aliphatic rings. The van der Waals surface area contributed by atoms with Gasteiger partial charge in [0.15, 0.2) is 0 Å². The maximum atomic E-state index is 6.11. The van der Waals surface area contributed by atoms with Gasteiger partial charge in [-0.15, -0.1) is 0 Å². The van der Waals surface area contributed by atoms with Gasteiger partial charge in [0.25, 0.3) is 5.95 Å². The Morgan fingerprint density at radius 3 is 2.81 bits per heavy atom. The van der Waals surface area contributed by atoms with Gasteiger partial charge >= 0.3 is 6.01 Å². The van der Waals surface area contributed by atoms with Crippen LogP contribution in [0, 0.1) is 6.92 Å². The molecular weight excluding hydrogens is 292 g/mol. The standard InChI is InChI=1S/C13H11ClN6O/c1-8-3-4-10(9(14)7-8)21-13-18-11(15)17-12(19-13)20-6-2-5-16-20/h2-7H,1H3,(H2,15,17,18,19). The van der Waals surface area contributed by atoms with Gasteiger partial charge in [-0.25, -0.2) is 4.68 Å². The molecule has 8 heteroatoms. The van der Waals surface area contributed by atoms with Crippen molar-refractivity contribution >= 4 is 17.5 Å². The van der Waals surface area contributed by atoms with Crippen LogP contribution in [-0.2, 0) is 0 Å². The molecule has 2 N–H and O–H groups in total. The topological polar surface area (TPSA) is 91.7 Å². The van der Waals surface area contributed by atoms with Gasteiger partial charge in [0.2, 0.25) is 5.95 Å². The second-order valence-corrected chi connectivity index (χ2v) is 4.67. The Morgan fingerprint density at radius 2 is 2.10 bits per heavy atom. The van der Waals surface area contributed by atoms with Crippen molar-refractivity contribution in [2.24, 2.45) is 0 Å². The average Bonchev–Trinajstić information content (AvgIpc) is 2.95. The first-order chi connectivity index (χ1) is 10.1. The van der Waals surface area contributed by atoms with E-state index in [0.717, 1.165) is 5.56 Å². The fourth-order valence-electron chi connectivity index (χ4n) is 1.68. The second kappa shape index (κ2) is 5.37. The number of aromatic nitrogens is 5. The Kier molecular flexibility index (Phi) is 3.41. The Balaban J connectivity index is 1.95. The first-order valence-electron chi connectivity index (χ1n) is 6.07. The van der Waals surface area contributed by atoms with Crippen molar-refractivity contribution in [3.05, 3.63) is 47.2 Å². The van der Waals surface area contributed by atoms with Gasteiger partial charge in [-0.3, -0.25) is 0 Å². The summed E-state index contributed by atoms with van der Waals surface area (Å²) in [5.74, 6) is 0.749. The third kappa shape index (κ3) is 2.92. The minimum Gasteiger partial charge on any atom is -0.423 e. The highest BCUT2D eigenvalue weighted by Crippen LogP contribution is 2.28. The van der Waals surface area contributed by atoms with Crippen LogP contribution in [0.25, 0.3) is 5.95 Å². The van der Waals surface area contributed by atoms with Gasteiger partial charge in [-0.1, -0.05) is 17.7 Å². The van der Waals surface area contributed by atoms with Crippen LogP contribution in [-0.4, -0.2) is 24.7 Å². The summed E-state index contributed by atoms with van der Waals surface area (Å²) in [7, 11) is 0. The molecule has 0 unspecified atom stereocenters. The summed E-state index contributed by atoms with van der Waals surface area (Å²) >= 11 is 6.11. The summed E-state index contributed by atoms with van der Waals surface area (Å²) in [5, 5.41) is 4.50. The molecule has 0 radical (unpaired) electrons. The highest BCUT2D eigenvalue weighted by atomic mass is 35.5. The lowest BCUT2D eigenvalue weighted by molar-refractivity contribution is 0.438. The molecule has 2 heterocycles. The first kappa shape index (κ1) is 13.3. The highest BCUT2D eigenvalue weighted by Gasteiger charge is 2.10. The van der Waals surface area contributed by atoms with E-state index < -0.39 is 0 Å². The fraction of sp³-hybridized carbons (Fsp3) is 0.0769. The zero-order valence-electron chi connectivity index (χ0n) is 11.1. The molecular formula is C13H11ClN6O. The molecule has 3 rings (SSSR count). The molecule has 0 aliphatic heterocycles. The maximum Gasteiger partial charge on any atom is 0.328 e. The number of ether oxygens (including phenoxy) is 1. The van der Waals surface area contributed by atoms with E-state index in [1.54, 1.807) is 30.6 Å². The Labute approximate surface area is 125 Å². The summed E-state index contributed by atoms with van der Waals surface area (Å²) in [6.45, 7) is 1.94. The van der Waals surface area contributed by atoms with Gasteiger partial charge in [0.05, 0.1) is 5.02 Å². The van der Waals surface area contributed by atoms with Crippen molar-refractivity contribution in [1.82, 2.24) is 24.7 Å². The lowest BCUT2D eigenvalue weighted by Crippen LogP contribution is -2.08. The largest absolute Gasteiger partial charge is 0.423 e. The lowest BCUT2D eigenvalue weighted by Gasteiger charge is -2.08. The van der Waals surface area contributed by atoms with Crippen LogP contribution < -0.4 is 10.5 Å². The molecule has 2 aromatic heterocycles. The van der Waals surface area contributed by atoms with Gasteiger partial charge in [-0.2, -0.15) is 20.1 Å². The van der Waals surface area contributed by atoms with Gasteiger partial charge in [0, 0.05) is 12.4 Å². The first-order valence-corrected chi connectivity index (χ1v) is 6.45. The van der Waals surface area contributed by atoms with Crippen LogP contribution in [0.5, 0.6) is 11.8 Å². The fourth-order valence-corrected chi connectivity index (χ4v) is 1.96. The minimum absolute atomic E-state index is 0.0359. The minimum atomic E-state index is 0.0359. The normalized spacial score (nSPS) is 10.6. The number of rotatable bonds is 3. The number of nitrogens with zero attached hydrogens (tertiary/aromatic N) is 5. The van der Waals surface area contributed by atoms with Crippen LogP contribution in [0.1, 0.15) is 5.56 Å². The van der Waals surface area contributed by atoms with Crippen LogP contribution in [0.3, 0.4) is 0 Å². The Hall–Kier alpha value is -2.67.